The Morgan fingerprint density at radius 1 is 1.29 bits per heavy atom. The van der Waals surface area contributed by atoms with Crippen molar-refractivity contribution in [3.05, 3.63) is 64.7 Å². The maximum Gasteiger partial charge on any atom is 0.189 e. The van der Waals surface area contributed by atoms with E-state index in [1.807, 2.05) is 6.92 Å². The molecule has 2 rings (SSSR count). The quantitative estimate of drug-likeness (QED) is 0.660. The zero-order chi connectivity index (χ0) is 15.2. The van der Waals surface area contributed by atoms with E-state index in [1.54, 1.807) is 42.5 Å². The first kappa shape index (κ1) is 15.1. The van der Waals surface area contributed by atoms with Crippen LogP contribution in [0, 0.1) is 0 Å². The number of para-hydroxylation sites is 1. The van der Waals surface area contributed by atoms with E-state index in [2.05, 4.69) is 0 Å². The lowest BCUT2D eigenvalue weighted by Crippen LogP contribution is -1.96. The summed E-state index contributed by atoms with van der Waals surface area (Å²) >= 11 is 5.96. The Hall–Kier alpha value is -2.26. The van der Waals surface area contributed by atoms with Crippen molar-refractivity contribution in [1.82, 2.24) is 0 Å². The van der Waals surface area contributed by atoms with Crippen molar-refractivity contribution in [3.63, 3.8) is 0 Å². The molecule has 0 aliphatic carbocycles. The molecule has 0 saturated carbocycles. The van der Waals surface area contributed by atoms with Gasteiger partial charge in [0.25, 0.3) is 0 Å². The van der Waals surface area contributed by atoms with E-state index in [9.17, 15) is 9.90 Å². The third kappa shape index (κ3) is 3.86. The van der Waals surface area contributed by atoms with Crippen molar-refractivity contribution in [2.24, 2.45) is 0 Å². The van der Waals surface area contributed by atoms with Gasteiger partial charge in [-0.1, -0.05) is 23.7 Å². The van der Waals surface area contributed by atoms with Crippen LogP contribution in [-0.4, -0.2) is 17.5 Å². The summed E-state index contributed by atoms with van der Waals surface area (Å²) in [7, 11) is 0. The standard InChI is InChI=1S/C17H15ClO3/c1-2-21-17-10-8-13(18)11-12(17)7-9-16(20)14-5-3-4-6-15(14)19/h3-11,19H,2H2,1H3/b9-7+. The van der Waals surface area contributed by atoms with E-state index in [1.165, 1.54) is 12.1 Å². The predicted octanol–water partition coefficient (Wildman–Crippen LogP) is 4.34. The van der Waals surface area contributed by atoms with Gasteiger partial charge in [-0.2, -0.15) is 0 Å². The lowest BCUT2D eigenvalue weighted by atomic mass is 10.1. The number of allylic oxidation sites excluding steroid dienone is 1. The Bertz CT molecular complexity index is 677. The highest BCUT2D eigenvalue weighted by molar-refractivity contribution is 6.30. The van der Waals surface area contributed by atoms with Crippen LogP contribution in [0.4, 0.5) is 0 Å². The molecule has 0 fully saturated rings. The lowest BCUT2D eigenvalue weighted by molar-refractivity contribution is 0.104. The van der Waals surface area contributed by atoms with E-state index >= 15 is 0 Å². The van der Waals surface area contributed by atoms with Gasteiger partial charge in [-0.15, -0.1) is 0 Å². The van der Waals surface area contributed by atoms with Crippen LogP contribution in [-0.2, 0) is 0 Å². The Balaban J connectivity index is 2.27. The van der Waals surface area contributed by atoms with Crippen LogP contribution >= 0.6 is 11.6 Å². The first-order chi connectivity index (χ1) is 10.1. The summed E-state index contributed by atoms with van der Waals surface area (Å²) in [6.07, 6.45) is 3.02. The van der Waals surface area contributed by atoms with Crippen molar-refractivity contribution >= 4 is 23.5 Å². The summed E-state index contributed by atoms with van der Waals surface area (Å²) in [5.41, 5.74) is 0.974. The van der Waals surface area contributed by atoms with Gasteiger partial charge in [-0.25, -0.2) is 0 Å². The van der Waals surface area contributed by atoms with Gasteiger partial charge in [0.2, 0.25) is 0 Å². The van der Waals surface area contributed by atoms with Gasteiger partial charge in [-0.05, 0) is 49.4 Å². The highest BCUT2D eigenvalue weighted by Crippen LogP contribution is 2.25. The van der Waals surface area contributed by atoms with E-state index in [0.717, 1.165) is 0 Å². The summed E-state index contributed by atoms with van der Waals surface area (Å²) in [5.74, 6) is 0.335. The largest absolute Gasteiger partial charge is 0.507 e. The second kappa shape index (κ2) is 6.95. The summed E-state index contributed by atoms with van der Waals surface area (Å²) in [6.45, 7) is 2.41. The molecule has 0 bridgehead atoms. The molecule has 0 aliphatic heterocycles. The van der Waals surface area contributed by atoms with Crippen molar-refractivity contribution in [2.75, 3.05) is 6.61 Å². The summed E-state index contributed by atoms with van der Waals surface area (Å²) < 4.78 is 5.48. The molecule has 0 radical (unpaired) electrons. The van der Waals surface area contributed by atoms with Crippen LogP contribution in [0.2, 0.25) is 5.02 Å². The fraction of sp³-hybridized carbons (Fsp3) is 0.118. The highest BCUT2D eigenvalue weighted by atomic mass is 35.5. The van der Waals surface area contributed by atoms with Crippen molar-refractivity contribution in [1.29, 1.82) is 0 Å². The van der Waals surface area contributed by atoms with E-state index in [-0.39, 0.29) is 17.1 Å². The minimum absolute atomic E-state index is 0.0386. The second-order valence-electron chi connectivity index (χ2n) is 4.33. The smallest absolute Gasteiger partial charge is 0.189 e. The molecule has 0 spiro atoms. The van der Waals surface area contributed by atoms with Crippen LogP contribution in [0.15, 0.2) is 48.5 Å². The highest BCUT2D eigenvalue weighted by Gasteiger charge is 2.07. The SMILES string of the molecule is CCOc1ccc(Cl)cc1/C=C/C(=O)c1ccccc1O. The molecule has 1 N–H and O–H groups in total. The zero-order valence-corrected chi connectivity index (χ0v) is 12.3. The number of rotatable bonds is 5. The number of hydrogen-bond donors (Lipinski definition) is 1. The molecule has 0 unspecified atom stereocenters. The van der Waals surface area contributed by atoms with E-state index < -0.39 is 0 Å². The number of ketones is 1. The summed E-state index contributed by atoms with van der Waals surface area (Å²) in [5, 5.41) is 10.2. The molecule has 0 amide bonds. The molecule has 4 heteroatoms. The fourth-order valence-electron chi connectivity index (χ4n) is 1.87. The first-order valence-corrected chi connectivity index (χ1v) is 6.92. The Kier molecular flexibility index (Phi) is 5.01. The zero-order valence-electron chi connectivity index (χ0n) is 11.5. The molecule has 0 heterocycles. The van der Waals surface area contributed by atoms with Gasteiger partial charge in [0.1, 0.15) is 11.5 Å². The minimum Gasteiger partial charge on any atom is -0.507 e. The van der Waals surface area contributed by atoms with Crippen LogP contribution in [0.3, 0.4) is 0 Å². The monoisotopic (exact) mass is 302 g/mol. The molecule has 2 aromatic rings. The average Bonchev–Trinajstić information content (AvgIpc) is 2.48. The third-order valence-corrected chi connectivity index (χ3v) is 3.09. The number of ether oxygens (including phenoxy) is 1. The fourth-order valence-corrected chi connectivity index (χ4v) is 2.05. The maximum atomic E-state index is 12.1. The molecule has 0 aliphatic rings. The number of carbonyl (C=O) groups is 1. The van der Waals surface area contributed by atoms with Crippen LogP contribution < -0.4 is 4.74 Å². The number of benzene rings is 2. The van der Waals surface area contributed by atoms with Gasteiger partial charge in [0.15, 0.2) is 5.78 Å². The van der Waals surface area contributed by atoms with E-state index in [0.29, 0.717) is 22.9 Å². The lowest BCUT2D eigenvalue weighted by Gasteiger charge is -2.07. The third-order valence-electron chi connectivity index (χ3n) is 2.86. The second-order valence-corrected chi connectivity index (χ2v) is 4.77. The number of hydrogen-bond acceptors (Lipinski definition) is 3. The van der Waals surface area contributed by atoms with Crippen molar-refractivity contribution in [2.45, 2.75) is 6.92 Å². The van der Waals surface area contributed by atoms with Crippen LogP contribution in [0.1, 0.15) is 22.8 Å². The molecule has 108 valence electrons. The Morgan fingerprint density at radius 3 is 2.76 bits per heavy atom. The van der Waals surface area contributed by atoms with Gasteiger partial charge < -0.3 is 9.84 Å². The van der Waals surface area contributed by atoms with Crippen LogP contribution in [0.5, 0.6) is 11.5 Å². The molecule has 21 heavy (non-hydrogen) atoms. The predicted molar refractivity (Wildman–Crippen MR) is 84.1 cm³/mol. The summed E-state index contributed by atoms with van der Waals surface area (Å²) in [4.78, 5) is 12.1. The molecule has 0 saturated heterocycles. The Morgan fingerprint density at radius 2 is 2.05 bits per heavy atom. The first-order valence-electron chi connectivity index (χ1n) is 6.54. The number of halogens is 1. The molecule has 0 aromatic heterocycles. The number of phenolic OH excluding ortho intramolecular Hbond substituents is 1. The van der Waals surface area contributed by atoms with Gasteiger partial charge >= 0.3 is 0 Å². The van der Waals surface area contributed by atoms with Gasteiger partial charge in [-0.3, -0.25) is 4.79 Å². The molecule has 0 atom stereocenters. The van der Waals surface area contributed by atoms with Crippen LogP contribution in [0.25, 0.3) is 6.08 Å². The number of aromatic hydroxyl groups is 1. The molecular formula is C17H15ClO3. The normalized spacial score (nSPS) is 10.8. The molecule has 2 aromatic carbocycles. The van der Waals surface area contributed by atoms with Crippen molar-refractivity contribution < 1.29 is 14.6 Å². The summed E-state index contributed by atoms with van der Waals surface area (Å²) in [6, 6.07) is 11.6. The topological polar surface area (TPSA) is 46.5 Å². The van der Waals surface area contributed by atoms with E-state index in [4.69, 9.17) is 16.3 Å². The van der Waals surface area contributed by atoms with Crippen molar-refractivity contribution in [3.8, 4) is 11.5 Å². The maximum absolute atomic E-state index is 12.1. The average molecular weight is 303 g/mol. The molecule has 3 nitrogen and oxygen atoms in total. The van der Waals surface area contributed by atoms with Gasteiger partial charge in [0.05, 0.1) is 12.2 Å². The minimum atomic E-state index is -0.282. The Labute approximate surface area is 128 Å². The number of phenols is 1. The van der Waals surface area contributed by atoms with Gasteiger partial charge in [0, 0.05) is 10.6 Å². The number of carbonyl (C=O) groups excluding carboxylic acids is 1. The molecular weight excluding hydrogens is 288 g/mol.